The molecule has 0 atom stereocenters. The molecule has 1 aliphatic rings. The third-order valence-electron chi connectivity index (χ3n) is 4.91. The Morgan fingerprint density at radius 1 is 1.07 bits per heavy atom. The zero-order valence-electron chi connectivity index (χ0n) is 16.3. The Morgan fingerprint density at radius 3 is 2.57 bits per heavy atom. The van der Waals surface area contributed by atoms with E-state index in [1.165, 1.54) is 12.6 Å². The first-order chi connectivity index (χ1) is 14.4. The standard InChI is InChI=1S/C19H22ClN7O2S/c1-30(28,29)27-14-7-5-13(6-8-14)25-19-21-10-16-17(26-19)18(23-11-22-16)24-15-4-2-3-12(20)9-15/h2-4,9-11,13-14,27H,5-8H2,1H3,(H,21,25,26)(H,22,23,24)/t13-,14-. The molecule has 1 saturated carbocycles. The normalized spacial score (nSPS) is 19.5. The SMILES string of the molecule is CS(=O)(=O)N[C@H]1CC[C@H](Nc2ncc3ncnc(Nc4cccc(Cl)c4)c3n2)CC1. The first-order valence-electron chi connectivity index (χ1n) is 9.60. The molecule has 30 heavy (non-hydrogen) atoms. The third kappa shape index (κ3) is 5.32. The Hall–Kier alpha value is -2.56. The van der Waals surface area contributed by atoms with E-state index in [9.17, 15) is 8.42 Å². The second kappa shape index (κ2) is 8.66. The predicted molar refractivity (Wildman–Crippen MR) is 118 cm³/mol. The van der Waals surface area contributed by atoms with Crippen molar-refractivity contribution in [2.24, 2.45) is 0 Å². The molecule has 0 saturated heterocycles. The molecule has 0 radical (unpaired) electrons. The molecule has 11 heteroatoms. The van der Waals surface area contributed by atoms with E-state index in [1.807, 2.05) is 12.1 Å². The fourth-order valence-electron chi connectivity index (χ4n) is 3.56. The number of aromatic nitrogens is 4. The quantitative estimate of drug-likeness (QED) is 0.527. The summed E-state index contributed by atoms with van der Waals surface area (Å²) in [6.07, 6.45) is 7.50. The van der Waals surface area contributed by atoms with E-state index in [-0.39, 0.29) is 12.1 Å². The molecule has 3 aromatic rings. The number of fused-ring (bicyclic) bond motifs is 1. The van der Waals surface area contributed by atoms with Gasteiger partial charge in [0, 0.05) is 22.8 Å². The minimum Gasteiger partial charge on any atom is -0.351 e. The zero-order valence-corrected chi connectivity index (χ0v) is 17.9. The fourth-order valence-corrected chi connectivity index (χ4v) is 4.59. The van der Waals surface area contributed by atoms with E-state index >= 15 is 0 Å². The molecule has 1 fully saturated rings. The lowest BCUT2D eigenvalue weighted by Crippen LogP contribution is -2.39. The summed E-state index contributed by atoms with van der Waals surface area (Å²) in [5.41, 5.74) is 2.02. The minimum atomic E-state index is -3.18. The van der Waals surface area contributed by atoms with Crippen LogP contribution in [0.4, 0.5) is 17.5 Å². The average molecular weight is 448 g/mol. The van der Waals surface area contributed by atoms with Gasteiger partial charge in [0.2, 0.25) is 16.0 Å². The van der Waals surface area contributed by atoms with Crippen LogP contribution < -0.4 is 15.4 Å². The van der Waals surface area contributed by atoms with Gasteiger partial charge in [-0.05, 0) is 43.9 Å². The zero-order chi connectivity index (χ0) is 21.1. The van der Waals surface area contributed by atoms with Crippen LogP contribution >= 0.6 is 11.6 Å². The molecule has 158 valence electrons. The first-order valence-corrected chi connectivity index (χ1v) is 11.9. The van der Waals surface area contributed by atoms with Crippen LogP contribution in [0.3, 0.4) is 0 Å². The highest BCUT2D eigenvalue weighted by Crippen LogP contribution is 2.25. The van der Waals surface area contributed by atoms with Crippen molar-refractivity contribution in [2.75, 3.05) is 16.9 Å². The van der Waals surface area contributed by atoms with Crippen molar-refractivity contribution >= 4 is 50.1 Å². The maximum absolute atomic E-state index is 11.4. The Balaban J connectivity index is 1.48. The lowest BCUT2D eigenvalue weighted by atomic mass is 9.92. The van der Waals surface area contributed by atoms with E-state index in [0.717, 1.165) is 31.4 Å². The van der Waals surface area contributed by atoms with Gasteiger partial charge < -0.3 is 10.6 Å². The van der Waals surface area contributed by atoms with Crippen molar-refractivity contribution in [3.63, 3.8) is 0 Å². The lowest BCUT2D eigenvalue weighted by molar-refractivity contribution is 0.387. The van der Waals surface area contributed by atoms with Gasteiger partial charge >= 0.3 is 0 Å². The Kier molecular flexibility index (Phi) is 5.98. The number of nitrogens with one attached hydrogen (secondary N) is 3. The summed E-state index contributed by atoms with van der Waals surface area (Å²) in [5, 5.41) is 7.20. The molecule has 0 amide bonds. The Bertz CT molecular complexity index is 1150. The number of hydrogen-bond acceptors (Lipinski definition) is 8. The molecule has 1 aliphatic carbocycles. The van der Waals surface area contributed by atoms with Gasteiger partial charge in [-0.15, -0.1) is 0 Å². The molecule has 2 heterocycles. The highest BCUT2D eigenvalue weighted by Gasteiger charge is 2.23. The highest BCUT2D eigenvalue weighted by atomic mass is 35.5. The lowest BCUT2D eigenvalue weighted by Gasteiger charge is -2.29. The van der Waals surface area contributed by atoms with E-state index in [1.54, 1.807) is 18.3 Å². The van der Waals surface area contributed by atoms with Gasteiger partial charge in [-0.25, -0.2) is 33.1 Å². The van der Waals surface area contributed by atoms with Crippen LogP contribution in [-0.2, 0) is 10.0 Å². The number of halogens is 1. The largest absolute Gasteiger partial charge is 0.351 e. The number of sulfonamides is 1. The summed E-state index contributed by atoms with van der Waals surface area (Å²) in [7, 11) is -3.18. The van der Waals surface area contributed by atoms with E-state index in [2.05, 4.69) is 35.3 Å². The molecule has 1 aromatic carbocycles. The summed E-state index contributed by atoms with van der Waals surface area (Å²) >= 11 is 6.06. The maximum atomic E-state index is 11.4. The molecular formula is C19H22ClN7O2S. The predicted octanol–water partition coefficient (Wildman–Crippen LogP) is 3.09. The molecule has 2 aromatic heterocycles. The Labute approximate surface area is 179 Å². The van der Waals surface area contributed by atoms with E-state index in [0.29, 0.717) is 27.8 Å². The molecule has 0 unspecified atom stereocenters. The molecule has 0 spiro atoms. The number of benzene rings is 1. The van der Waals surface area contributed by atoms with Crippen molar-refractivity contribution < 1.29 is 8.42 Å². The van der Waals surface area contributed by atoms with Crippen molar-refractivity contribution in [1.29, 1.82) is 0 Å². The van der Waals surface area contributed by atoms with Crippen LogP contribution in [0.1, 0.15) is 25.7 Å². The van der Waals surface area contributed by atoms with Crippen LogP contribution in [-0.4, -0.2) is 46.7 Å². The average Bonchev–Trinajstić information content (AvgIpc) is 2.69. The van der Waals surface area contributed by atoms with Gasteiger partial charge in [0.05, 0.1) is 12.5 Å². The third-order valence-corrected chi connectivity index (χ3v) is 5.90. The van der Waals surface area contributed by atoms with Crippen molar-refractivity contribution in [1.82, 2.24) is 24.7 Å². The summed E-state index contributed by atoms with van der Waals surface area (Å²) in [5.74, 6) is 1.06. The van der Waals surface area contributed by atoms with Crippen LogP contribution in [0.25, 0.3) is 11.0 Å². The van der Waals surface area contributed by atoms with Gasteiger partial charge in [0.15, 0.2) is 5.82 Å². The minimum absolute atomic E-state index is 0.0162. The number of rotatable bonds is 6. The summed E-state index contributed by atoms with van der Waals surface area (Å²) < 4.78 is 25.5. The Morgan fingerprint density at radius 2 is 1.83 bits per heavy atom. The van der Waals surface area contributed by atoms with Gasteiger partial charge in [0.1, 0.15) is 17.4 Å². The smallest absolute Gasteiger partial charge is 0.223 e. The molecule has 0 aliphatic heterocycles. The fraction of sp³-hybridized carbons (Fsp3) is 0.368. The van der Waals surface area contributed by atoms with Crippen molar-refractivity contribution in [3.05, 3.63) is 41.8 Å². The summed E-state index contributed by atoms with van der Waals surface area (Å²) in [6, 6.07) is 7.51. The van der Waals surface area contributed by atoms with Gasteiger partial charge in [-0.2, -0.15) is 0 Å². The monoisotopic (exact) mass is 447 g/mol. The number of anilines is 3. The van der Waals surface area contributed by atoms with E-state index < -0.39 is 10.0 Å². The van der Waals surface area contributed by atoms with Gasteiger partial charge in [0.25, 0.3) is 0 Å². The maximum Gasteiger partial charge on any atom is 0.223 e. The van der Waals surface area contributed by atoms with Crippen LogP contribution in [0, 0.1) is 0 Å². The van der Waals surface area contributed by atoms with Crippen LogP contribution in [0.15, 0.2) is 36.8 Å². The van der Waals surface area contributed by atoms with Crippen LogP contribution in [0.5, 0.6) is 0 Å². The van der Waals surface area contributed by atoms with Crippen molar-refractivity contribution in [2.45, 2.75) is 37.8 Å². The highest BCUT2D eigenvalue weighted by molar-refractivity contribution is 7.88. The van der Waals surface area contributed by atoms with E-state index in [4.69, 9.17) is 11.6 Å². The molecular weight excluding hydrogens is 426 g/mol. The topological polar surface area (TPSA) is 122 Å². The molecule has 3 N–H and O–H groups in total. The second-order valence-corrected chi connectivity index (χ2v) is 9.58. The molecule has 4 rings (SSSR count). The summed E-state index contributed by atoms with van der Waals surface area (Å²) in [4.78, 5) is 17.5. The second-order valence-electron chi connectivity index (χ2n) is 7.37. The summed E-state index contributed by atoms with van der Waals surface area (Å²) in [6.45, 7) is 0. The first kappa shape index (κ1) is 20.7. The molecule has 9 nitrogen and oxygen atoms in total. The van der Waals surface area contributed by atoms with Gasteiger partial charge in [-0.1, -0.05) is 17.7 Å². The number of hydrogen-bond donors (Lipinski definition) is 3. The number of nitrogens with zero attached hydrogens (tertiary/aromatic N) is 4. The van der Waals surface area contributed by atoms with Crippen LogP contribution in [0.2, 0.25) is 5.02 Å². The molecule has 0 bridgehead atoms. The van der Waals surface area contributed by atoms with Gasteiger partial charge in [-0.3, -0.25) is 0 Å². The van der Waals surface area contributed by atoms with Crippen molar-refractivity contribution in [3.8, 4) is 0 Å².